The summed E-state index contributed by atoms with van der Waals surface area (Å²) in [5.74, 6) is 0.720. The lowest BCUT2D eigenvalue weighted by atomic mass is 9.53. The Bertz CT molecular complexity index is 584. The Morgan fingerprint density at radius 1 is 1.04 bits per heavy atom. The molecule has 4 saturated carbocycles. The van der Waals surface area contributed by atoms with E-state index in [1.54, 1.807) is 0 Å². The summed E-state index contributed by atoms with van der Waals surface area (Å²) >= 11 is 0.961. The first-order valence-corrected chi connectivity index (χ1v) is 10.0. The van der Waals surface area contributed by atoms with Gasteiger partial charge in [-0.1, -0.05) is 11.8 Å². The predicted molar refractivity (Wildman–Crippen MR) is 91.6 cm³/mol. The maximum Gasteiger partial charge on any atom is 0.309 e. The van der Waals surface area contributed by atoms with Gasteiger partial charge in [0.25, 0.3) is 5.24 Å². The van der Waals surface area contributed by atoms with Crippen LogP contribution in [0, 0.1) is 17.8 Å². The van der Waals surface area contributed by atoms with E-state index in [1.807, 2.05) is 0 Å². The van der Waals surface area contributed by atoms with E-state index >= 15 is 0 Å². The lowest BCUT2D eigenvalue weighted by molar-refractivity contribution is -0.142. The molecule has 2 N–H and O–H groups in total. The van der Waals surface area contributed by atoms with Gasteiger partial charge in [-0.05, 0) is 56.3 Å². The summed E-state index contributed by atoms with van der Waals surface area (Å²) in [5, 5.41) is 5.25. The van der Waals surface area contributed by atoms with E-state index in [0.717, 1.165) is 35.9 Å². The van der Waals surface area contributed by atoms with Gasteiger partial charge in [-0.3, -0.25) is 24.1 Å². The van der Waals surface area contributed by atoms with Crippen molar-refractivity contribution in [2.45, 2.75) is 44.1 Å². The molecule has 136 valence electrons. The monoisotopic (exact) mass is 365 g/mol. The Hall–Kier alpha value is -1.57. The first-order chi connectivity index (χ1) is 11.9. The van der Waals surface area contributed by atoms with E-state index in [9.17, 15) is 19.2 Å². The summed E-state index contributed by atoms with van der Waals surface area (Å²) in [6, 6.07) is 0. The van der Waals surface area contributed by atoms with Crippen LogP contribution in [0.15, 0.2) is 0 Å². The van der Waals surface area contributed by atoms with Crippen LogP contribution in [-0.2, 0) is 14.4 Å². The van der Waals surface area contributed by atoms with Crippen LogP contribution in [0.3, 0.4) is 0 Å². The molecular formula is C17H23N3O4S. The minimum atomic E-state index is -0.678. The molecule has 5 fully saturated rings. The molecule has 0 spiro atoms. The van der Waals surface area contributed by atoms with E-state index in [2.05, 4.69) is 10.6 Å². The van der Waals surface area contributed by atoms with Gasteiger partial charge in [-0.15, -0.1) is 0 Å². The standard InChI is InChI=1S/C17H23N3O4S/c21-13-9-25-16(24)20(13)2-1-18-14(22)15(23)19-17-6-10-3-11(7-17)5-12(4-10)8-17/h10-12H,1-9H2,(H,18,22)(H,19,23). The van der Waals surface area contributed by atoms with Crippen LogP contribution in [0.25, 0.3) is 0 Å². The molecule has 0 aromatic carbocycles. The zero-order chi connectivity index (χ0) is 17.6. The average molecular weight is 365 g/mol. The van der Waals surface area contributed by atoms with Crippen molar-refractivity contribution in [1.82, 2.24) is 15.5 Å². The number of nitrogens with one attached hydrogen (secondary N) is 2. The van der Waals surface area contributed by atoms with Crippen LogP contribution in [0.4, 0.5) is 4.79 Å². The van der Waals surface area contributed by atoms with Crippen molar-refractivity contribution in [3.8, 4) is 0 Å². The van der Waals surface area contributed by atoms with Gasteiger partial charge in [0.05, 0.1) is 5.75 Å². The molecule has 5 aliphatic rings. The number of rotatable bonds is 4. The average Bonchev–Trinajstić information content (AvgIpc) is 2.84. The van der Waals surface area contributed by atoms with Crippen LogP contribution in [0.1, 0.15) is 38.5 Å². The van der Waals surface area contributed by atoms with Gasteiger partial charge < -0.3 is 10.6 Å². The van der Waals surface area contributed by atoms with Crippen molar-refractivity contribution in [1.29, 1.82) is 0 Å². The number of thioether (sulfide) groups is 1. The van der Waals surface area contributed by atoms with Crippen LogP contribution >= 0.6 is 11.8 Å². The highest BCUT2D eigenvalue weighted by atomic mass is 32.2. The fraction of sp³-hybridized carbons (Fsp3) is 0.765. The molecular weight excluding hydrogens is 342 g/mol. The van der Waals surface area contributed by atoms with Crippen LogP contribution in [0.5, 0.6) is 0 Å². The quantitative estimate of drug-likeness (QED) is 0.721. The molecule has 7 nitrogen and oxygen atoms in total. The van der Waals surface area contributed by atoms with E-state index in [1.165, 1.54) is 19.3 Å². The zero-order valence-corrected chi connectivity index (χ0v) is 14.9. The third-order valence-corrected chi connectivity index (χ3v) is 6.94. The van der Waals surface area contributed by atoms with Gasteiger partial charge in [0, 0.05) is 18.6 Å². The summed E-state index contributed by atoms with van der Waals surface area (Å²) in [6.45, 7) is 0.215. The van der Waals surface area contributed by atoms with Crippen molar-refractivity contribution < 1.29 is 19.2 Å². The number of carbonyl (C=O) groups is 4. The Labute approximate surface area is 150 Å². The van der Waals surface area contributed by atoms with Gasteiger partial charge in [0.15, 0.2) is 0 Å². The van der Waals surface area contributed by atoms with E-state index in [4.69, 9.17) is 0 Å². The van der Waals surface area contributed by atoms with E-state index < -0.39 is 11.8 Å². The fourth-order valence-corrected chi connectivity index (χ4v) is 6.27. The molecule has 0 radical (unpaired) electrons. The second kappa shape index (κ2) is 6.30. The number of imide groups is 1. The first-order valence-electron chi connectivity index (χ1n) is 9.01. The maximum absolute atomic E-state index is 12.3. The molecule has 0 unspecified atom stereocenters. The van der Waals surface area contributed by atoms with Crippen molar-refractivity contribution in [3.05, 3.63) is 0 Å². The molecule has 0 aromatic heterocycles. The molecule has 25 heavy (non-hydrogen) atoms. The molecule has 4 aliphatic carbocycles. The molecule has 5 rings (SSSR count). The maximum atomic E-state index is 12.3. The van der Waals surface area contributed by atoms with Crippen molar-refractivity contribution >= 4 is 34.7 Å². The first kappa shape index (κ1) is 16.9. The molecule has 1 aliphatic heterocycles. The van der Waals surface area contributed by atoms with Gasteiger partial charge in [-0.2, -0.15) is 0 Å². The molecule has 0 atom stereocenters. The lowest BCUT2D eigenvalue weighted by Gasteiger charge is -2.56. The summed E-state index contributed by atoms with van der Waals surface area (Å²) < 4.78 is 0. The van der Waals surface area contributed by atoms with E-state index in [0.29, 0.717) is 17.8 Å². The molecule has 4 bridgehead atoms. The molecule has 4 amide bonds. The Morgan fingerprint density at radius 2 is 1.64 bits per heavy atom. The van der Waals surface area contributed by atoms with Crippen molar-refractivity contribution in [2.75, 3.05) is 18.8 Å². The number of nitrogens with zero attached hydrogens (tertiary/aromatic N) is 1. The molecule has 1 heterocycles. The highest BCUT2D eigenvalue weighted by Gasteiger charge is 2.51. The van der Waals surface area contributed by atoms with Crippen molar-refractivity contribution in [3.63, 3.8) is 0 Å². The Morgan fingerprint density at radius 3 is 2.16 bits per heavy atom. The summed E-state index contributed by atoms with van der Waals surface area (Å²) in [4.78, 5) is 48.5. The van der Waals surface area contributed by atoms with Crippen LogP contribution in [-0.4, -0.2) is 52.2 Å². The summed E-state index contributed by atoms with van der Waals surface area (Å²) in [6.07, 6.45) is 6.80. The predicted octanol–water partition coefficient (Wildman–Crippen LogP) is 0.883. The third kappa shape index (κ3) is 3.28. The number of carbonyl (C=O) groups excluding carboxylic acids is 4. The van der Waals surface area contributed by atoms with Crippen molar-refractivity contribution in [2.24, 2.45) is 17.8 Å². The fourth-order valence-electron chi connectivity index (χ4n) is 5.52. The summed E-state index contributed by atoms with van der Waals surface area (Å²) in [7, 11) is 0. The normalized spacial score (nSPS) is 36.0. The van der Waals surface area contributed by atoms with E-state index in [-0.39, 0.29) is 35.5 Å². The topological polar surface area (TPSA) is 95.6 Å². The number of hydrogen-bond acceptors (Lipinski definition) is 5. The Balaban J connectivity index is 1.27. The second-order valence-corrected chi connectivity index (χ2v) is 8.93. The van der Waals surface area contributed by atoms with Gasteiger partial charge in [-0.25, -0.2) is 0 Å². The highest BCUT2D eigenvalue weighted by molar-refractivity contribution is 8.14. The molecule has 8 heteroatoms. The highest BCUT2D eigenvalue weighted by Crippen LogP contribution is 2.55. The Kier molecular flexibility index (Phi) is 4.25. The van der Waals surface area contributed by atoms with Gasteiger partial charge in [0.1, 0.15) is 0 Å². The third-order valence-electron chi connectivity index (χ3n) is 6.08. The van der Waals surface area contributed by atoms with Crippen LogP contribution in [0.2, 0.25) is 0 Å². The van der Waals surface area contributed by atoms with Crippen LogP contribution < -0.4 is 10.6 Å². The smallest absolute Gasteiger partial charge is 0.309 e. The SMILES string of the molecule is O=C(NCCN1C(=O)CSC1=O)C(=O)NC12CC3CC(CC(C3)C1)C2. The van der Waals surface area contributed by atoms with Gasteiger partial charge in [0.2, 0.25) is 5.91 Å². The molecule has 0 aromatic rings. The summed E-state index contributed by atoms with van der Waals surface area (Å²) in [5.41, 5.74) is -0.194. The largest absolute Gasteiger partial charge is 0.346 e. The zero-order valence-electron chi connectivity index (χ0n) is 14.1. The minimum absolute atomic E-state index is 0.102. The minimum Gasteiger partial charge on any atom is -0.346 e. The molecule has 1 saturated heterocycles. The second-order valence-electron chi connectivity index (χ2n) is 8.01. The number of amides is 4. The lowest BCUT2D eigenvalue weighted by Crippen LogP contribution is -2.61. The van der Waals surface area contributed by atoms with Gasteiger partial charge >= 0.3 is 11.8 Å². The number of hydrogen-bond donors (Lipinski definition) is 2.